The Morgan fingerprint density at radius 3 is 2.39 bits per heavy atom. The molecule has 0 aromatic heterocycles. The normalized spacial score (nSPS) is 13.0. The molecule has 1 aliphatic rings. The third-order valence-corrected chi connectivity index (χ3v) is 5.02. The van der Waals surface area contributed by atoms with E-state index in [1.807, 2.05) is 6.07 Å². The highest BCUT2D eigenvalue weighted by Crippen LogP contribution is 2.22. The highest BCUT2D eigenvalue weighted by Gasteiger charge is 2.21. The van der Waals surface area contributed by atoms with Crippen LogP contribution in [0.3, 0.4) is 0 Å². The molecule has 2 aromatic rings. The zero-order valence-corrected chi connectivity index (χ0v) is 15.8. The lowest BCUT2D eigenvalue weighted by Crippen LogP contribution is -2.36. The summed E-state index contributed by atoms with van der Waals surface area (Å²) in [7, 11) is 1.57. The number of rotatable bonds is 7. The van der Waals surface area contributed by atoms with E-state index in [-0.39, 0.29) is 17.3 Å². The second-order valence-corrected chi connectivity index (χ2v) is 6.86. The van der Waals surface area contributed by atoms with E-state index < -0.39 is 5.97 Å². The Hall–Kier alpha value is -3.15. The van der Waals surface area contributed by atoms with Gasteiger partial charge in [0.25, 0.3) is 0 Å². The van der Waals surface area contributed by atoms with Crippen molar-refractivity contribution in [3.63, 3.8) is 0 Å². The number of ketones is 1. The monoisotopic (exact) mass is 381 g/mol. The number of fused-ring (bicyclic) bond motifs is 1. The lowest BCUT2D eigenvalue weighted by molar-refractivity contribution is -0.132. The standard InChI is InChI=1S/C22H23NO5/c1-28-19-9-7-16(8-10-19)20(24)3-2-4-21(25)23-12-11-15-5-6-17(22(26)27)13-18(15)14-23/h5-10,13H,2-4,11-12,14H2,1H3,(H,26,27). The van der Waals surface area contributed by atoms with Gasteiger partial charge < -0.3 is 14.7 Å². The number of amides is 1. The van der Waals surface area contributed by atoms with Crippen molar-refractivity contribution < 1.29 is 24.2 Å². The van der Waals surface area contributed by atoms with Crippen molar-refractivity contribution in [2.24, 2.45) is 0 Å². The highest BCUT2D eigenvalue weighted by atomic mass is 16.5. The van der Waals surface area contributed by atoms with Crippen LogP contribution < -0.4 is 4.74 Å². The molecule has 0 aliphatic carbocycles. The van der Waals surface area contributed by atoms with Gasteiger partial charge in [0, 0.05) is 31.5 Å². The molecule has 0 atom stereocenters. The molecule has 2 aromatic carbocycles. The number of hydrogen-bond acceptors (Lipinski definition) is 4. The minimum Gasteiger partial charge on any atom is -0.497 e. The van der Waals surface area contributed by atoms with Crippen LogP contribution >= 0.6 is 0 Å². The number of hydrogen-bond donors (Lipinski definition) is 1. The third-order valence-electron chi connectivity index (χ3n) is 5.02. The van der Waals surface area contributed by atoms with Crippen LogP contribution in [0, 0.1) is 0 Å². The summed E-state index contributed by atoms with van der Waals surface area (Å²) in [6.07, 6.45) is 1.81. The topological polar surface area (TPSA) is 83.9 Å². The van der Waals surface area contributed by atoms with E-state index in [0.717, 1.165) is 11.1 Å². The van der Waals surface area contributed by atoms with Crippen LogP contribution in [0.4, 0.5) is 0 Å². The number of ether oxygens (including phenoxy) is 1. The van der Waals surface area contributed by atoms with E-state index in [1.165, 1.54) is 0 Å². The Balaban J connectivity index is 1.52. The van der Waals surface area contributed by atoms with Crippen molar-refractivity contribution in [2.45, 2.75) is 32.2 Å². The number of methoxy groups -OCH3 is 1. The van der Waals surface area contributed by atoms with Gasteiger partial charge in [-0.15, -0.1) is 0 Å². The molecule has 6 heteroatoms. The number of carboxylic acid groups (broad SMARTS) is 1. The lowest BCUT2D eigenvalue weighted by Gasteiger charge is -2.29. The van der Waals surface area contributed by atoms with Crippen molar-refractivity contribution >= 4 is 17.7 Å². The number of carboxylic acids is 1. The van der Waals surface area contributed by atoms with Crippen LogP contribution in [0.15, 0.2) is 42.5 Å². The van der Waals surface area contributed by atoms with Crippen LogP contribution in [-0.2, 0) is 17.8 Å². The quantitative estimate of drug-likeness (QED) is 0.744. The summed E-state index contributed by atoms with van der Waals surface area (Å²) in [6, 6.07) is 12.0. The Kier molecular flexibility index (Phi) is 6.09. The summed E-state index contributed by atoms with van der Waals surface area (Å²) < 4.78 is 5.08. The maximum atomic E-state index is 12.5. The van der Waals surface area contributed by atoms with Crippen molar-refractivity contribution in [3.8, 4) is 5.75 Å². The zero-order valence-electron chi connectivity index (χ0n) is 15.8. The molecular formula is C22H23NO5. The third kappa shape index (κ3) is 4.57. The minimum atomic E-state index is -0.969. The fourth-order valence-electron chi connectivity index (χ4n) is 3.38. The van der Waals surface area contributed by atoms with E-state index in [0.29, 0.717) is 50.1 Å². The second kappa shape index (κ2) is 8.69. The summed E-state index contributed by atoms with van der Waals surface area (Å²) >= 11 is 0. The Morgan fingerprint density at radius 1 is 1.00 bits per heavy atom. The first-order chi connectivity index (χ1) is 13.5. The van der Waals surface area contributed by atoms with E-state index in [1.54, 1.807) is 48.4 Å². The molecule has 0 radical (unpaired) electrons. The zero-order chi connectivity index (χ0) is 20.1. The largest absolute Gasteiger partial charge is 0.497 e. The second-order valence-electron chi connectivity index (χ2n) is 6.86. The van der Waals surface area contributed by atoms with E-state index >= 15 is 0 Å². The van der Waals surface area contributed by atoms with Gasteiger partial charge >= 0.3 is 5.97 Å². The molecule has 0 unspecified atom stereocenters. The summed E-state index contributed by atoms with van der Waals surface area (Å²) in [5.41, 5.74) is 2.82. The molecule has 6 nitrogen and oxygen atoms in total. The molecular weight excluding hydrogens is 358 g/mol. The van der Waals surface area contributed by atoms with Crippen molar-refractivity contribution in [2.75, 3.05) is 13.7 Å². The fraction of sp³-hybridized carbons (Fsp3) is 0.318. The number of carbonyl (C=O) groups is 3. The summed E-state index contributed by atoms with van der Waals surface area (Å²) in [6.45, 7) is 1.03. The van der Waals surface area contributed by atoms with Gasteiger partial charge in [-0.1, -0.05) is 6.07 Å². The van der Waals surface area contributed by atoms with Gasteiger partial charge in [0.1, 0.15) is 5.75 Å². The number of benzene rings is 2. The van der Waals surface area contributed by atoms with E-state index in [9.17, 15) is 14.4 Å². The van der Waals surface area contributed by atoms with Crippen LogP contribution in [0.1, 0.15) is 51.1 Å². The lowest BCUT2D eigenvalue weighted by atomic mass is 9.97. The molecule has 146 valence electrons. The molecule has 3 rings (SSSR count). The van der Waals surface area contributed by atoms with Gasteiger partial charge in [0.05, 0.1) is 12.7 Å². The average Bonchev–Trinajstić information content (AvgIpc) is 2.72. The van der Waals surface area contributed by atoms with E-state index in [4.69, 9.17) is 9.84 Å². The van der Waals surface area contributed by atoms with Crippen molar-refractivity contribution in [1.29, 1.82) is 0 Å². The molecule has 0 spiro atoms. The molecule has 1 heterocycles. The Labute approximate surface area is 163 Å². The summed E-state index contributed by atoms with van der Waals surface area (Å²) in [4.78, 5) is 37.6. The number of carbonyl (C=O) groups excluding carboxylic acids is 2. The number of aromatic carboxylic acids is 1. The molecule has 0 saturated heterocycles. The summed E-state index contributed by atoms with van der Waals surface area (Å²) in [5, 5.41) is 9.13. The SMILES string of the molecule is COc1ccc(C(=O)CCCC(=O)N2CCc3ccc(C(=O)O)cc3C2)cc1. The first kappa shape index (κ1) is 19.6. The first-order valence-electron chi connectivity index (χ1n) is 9.28. The van der Waals surface area contributed by atoms with Gasteiger partial charge in [0.2, 0.25) is 5.91 Å². The maximum Gasteiger partial charge on any atom is 0.335 e. The number of Topliss-reactive ketones (excluding diaryl/α,β-unsaturated/α-hetero) is 1. The molecule has 0 bridgehead atoms. The van der Waals surface area contributed by atoms with Gasteiger partial charge in [-0.3, -0.25) is 9.59 Å². The Morgan fingerprint density at radius 2 is 1.71 bits per heavy atom. The molecule has 0 saturated carbocycles. The average molecular weight is 381 g/mol. The molecule has 0 fully saturated rings. The fourth-order valence-corrected chi connectivity index (χ4v) is 3.38. The maximum absolute atomic E-state index is 12.5. The highest BCUT2D eigenvalue weighted by molar-refractivity contribution is 5.96. The van der Waals surface area contributed by atoms with Crippen LogP contribution in [-0.4, -0.2) is 41.3 Å². The van der Waals surface area contributed by atoms with Crippen LogP contribution in [0.2, 0.25) is 0 Å². The van der Waals surface area contributed by atoms with Gasteiger partial charge in [0.15, 0.2) is 5.78 Å². The van der Waals surface area contributed by atoms with Crippen LogP contribution in [0.5, 0.6) is 5.75 Å². The van der Waals surface area contributed by atoms with Gasteiger partial charge in [-0.05, 0) is 60.4 Å². The molecule has 1 aliphatic heterocycles. The van der Waals surface area contributed by atoms with E-state index in [2.05, 4.69) is 0 Å². The van der Waals surface area contributed by atoms with Gasteiger partial charge in [-0.2, -0.15) is 0 Å². The minimum absolute atomic E-state index is 0.00513. The smallest absolute Gasteiger partial charge is 0.335 e. The van der Waals surface area contributed by atoms with Crippen LogP contribution in [0.25, 0.3) is 0 Å². The molecule has 1 N–H and O–H groups in total. The predicted molar refractivity (Wildman–Crippen MR) is 104 cm³/mol. The summed E-state index contributed by atoms with van der Waals surface area (Å²) in [5.74, 6) is -0.272. The molecule has 28 heavy (non-hydrogen) atoms. The predicted octanol–water partition coefficient (Wildman–Crippen LogP) is 3.33. The van der Waals surface area contributed by atoms with Crippen molar-refractivity contribution in [3.05, 3.63) is 64.7 Å². The molecule has 1 amide bonds. The Bertz CT molecular complexity index is 888. The van der Waals surface area contributed by atoms with Crippen molar-refractivity contribution in [1.82, 2.24) is 4.90 Å². The first-order valence-corrected chi connectivity index (χ1v) is 9.28. The van der Waals surface area contributed by atoms with Gasteiger partial charge in [-0.25, -0.2) is 4.79 Å². The number of nitrogens with zero attached hydrogens (tertiary/aromatic N) is 1.